The Bertz CT molecular complexity index is 1240. The second kappa shape index (κ2) is 12.4. The lowest BCUT2D eigenvalue weighted by Gasteiger charge is -2.14. The number of esters is 1. The molecular formula is C28H30N2O6. The summed E-state index contributed by atoms with van der Waals surface area (Å²) in [7, 11) is 3.02. The number of hydrazone groups is 1. The molecule has 0 radical (unpaired) electrons. The third kappa shape index (κ3) is 7.09. The summed E-state index contributed by atoms with van der Waals surface area (Å²) in [5.41, 5.74) is 5.55. The highest BCUT2D eigenvalue weighted by atomic mass is 16.6. The molecule has 0 fully saturated rings. The molecule has 3 rings (SSSR count). The lowest BCUT2D eigenvalue weighted by atomic mass is 10.0. The van der Waals surface area contributed by atoms with Crippen LogP contribution >= 0.6 is 0 Å². The summed E-state index contributed by atoms with van der Waals surface area (Å²) in [6.45, 7) is 5.95. The maximum atomic E-state index is 12.5. The van der Waals surface area contributed by atoms with Gasteiger partial charge in [0.25, 0.3) is 5.91 Å². The van der Waals surface area contributed by atoms with Gasteiger partial charge in [0.05, 0.1) is 26.0 Å². The molecule has 0 saturated carbocycles. The molecule has 0 bridgehead atoms. The van der Waals surface area contributed by atoms with Gasteiger partial charge in [-0.05, 0) is 78.1 Å². The van der Waals surface area contributed by atoms with E-state index in [1.54, 1.807) is 49.6 Å². The highest BCUT2D eigenvalue weighted by Gasteiger charge is 2.13. The largest absolute Gasteiger partial charge is 0.497 e. The summed E-state index contributed by atoms with van der Waals surface area (Å²) < 4.78 is 21.6. The van der Waals surface area contributed by atoms with E-state index in [0.29, 0.717) is 28.4 Å². The standard InChI is InChI=1S/C28H30N2O6/c1-18(2)23-12-6-19(3)14-25(23)35-17-27(31)30-29-16-20-7-13-24(26(15-20)34-5)36-28(32)21-8-10-22(33-4)11-9-21/h6-16,18H,17H2,1-5H3,(H,30,31). The molecule has 0 atom stereocenters. The molecular weight excluding hydrogens is 460 g/mol. The van der Waals surface area contributed by atoms with E-state index in [1.807, 2.05) is 25.1 Å². The quantitative estimate of drug-likeness (QED) is 0.188. The zero-order valence-corrected chi connectivity index (χ0v) is 21.0. The maximum absolute atomic E-state index is 12.5. The Balaban J connectivity index is 1.58. The van der Waals surface area contributed by atoms with Crippen LogP contribution in [0.1, 0.15) is 46.8 Å². The SMILES string of the molecule is COc1ccc(C(=O)Oc2ccc(C=NNC(=O)COc3cc(C)ccc3C(C)C)cc2OC)cc1. The Kier molecular flexibility index (Phi) is 9.05. The van der Waals surface area contributed by atoms with Gasteiger partial charge in [0, 0.05) is 0 Å². The van der Waals surface area contributed by atoms with Gasteiger partial charge in [-0.3, -0.25) is 4.79 Å². The van der Waals surface area contributed by atoms with Crippen LogP contribution in [0, 0.1) is 6.92 Å². The van der Waals surface area contributed by atoms with Crippen molar-refractivity contribution < 1.29 is 28.5 Å². The fraction of sp³-hybridized carbons (Fsp3) is 0.250. The van der Waals surface area contributed by atoms with Crippen LogP contribution in [0.3, 0.4) is 0 Å². The van der Waals surface area contributed by atoms with Crippen LogP contribution < -0.4 is 24.4 Å². The zero-order chi connectivity index (χ0) is 26.1. The van der Waals surface area contributed by atoms with Crippen molar-refractivity contribution in [2.24, 2.45) is 5.10 Å². The average molecular weight is 491 g/mol. The molecule has 0 aromatic heterocycles. The Labute approximate surface area is 210 Å². The van der Waals surface area contributed by atoms with Crippen molar-refractivity contribution in [1.29, 1.82) is 0 Å². The fourth-order valence-corrected chi connectivity index (χ4v) is 3.33. The highest BCUT2D eigenvalue weighted by Crippen LogP contribution is 2.29. The third-order valence-electron chi connectivity index (χ3n) is 5.27. The molecule has 0 aliphatic rings. The highest BCUT2D eigenvalue weighted by molar-refractivity contribution is 5.92. The number of benzene rings is 3. The van der Waals surface area contributed by atoms with Crippen LogP contribution in [0.2, 0.25) is 0 Å². The molecule has 1 N–H and O–H groups in total. The van der Waals surface area contributed by atoms with Crippen LogP contribution in [0.25, 0.3) is 0 Å². The molecule has 3 aromatic rings. The van der Waals surface area contributed by atoms with Gasteiger partial charge < -0.3 is 18.9 Å². The Hall–Kier alpha value is -4.33. The van der Waals surface area contributed by atoms with Gasteiger partial charge >= 0.3 is 5.97 Å². The molecule has 0 aliphatic heterocycles. The first-order chi connectivity index (χ1) is 17.3. The molecule has 0 aliphatic carbocycles. The van der Waals surface area contributed by atoms with Crippen molar-refractivity contribution in [1.82, 2.24) is 5.43 Å². The molecule has 8 heteroatoms. The van der Waals surface area contributed by atoms with Crippen LogP contribution in [-0.4, -0.2) is 38.9 Å². The summed E-state index contributed by atoms with van der Waals surface area (Å²) in [5.74, 6) is 1.28. The summed E-state index contributed by atoms with van der Waals surface area (Å²) in [6.07, 6.45) is 1.46. The Morgan fingerprint density at radius 3 is 2.33 bits per heavy atom. The van der Waals surface area contributed by atoms with Gasteiger partial charge in [0.1, 0.15) is 11.5 Å². The van der Waals surface area contributed by atoms with E-state index < -0.39 is 5.97 Å². The number of ether oxygens (including phenoxy) is 4. The number of methoxy groups -OCH3 is 2. The summed E-state index contributed by atoms with van der Waals surface area (Å²) in [4.78, 5) is 24.7. The molecule has 0 unspecified atom stereocenters. The minimum absolute atomic E-state index is 0.163. The van der Waals surface area contributed by atoms with Crippen molar-refractivity contribution in [2.45, 2.75) is 26.7 Å². The Morgan fingerprint density at radius 1 is 0.917 bits per heavy atom. The van der Waals surface area contributed by atoms with Crippen molar-refractivity contribution >= 4 is 18.1 Å². The predicted octanol–water partition coefficient (Wildman–Crippen LogP) is 4.88. The molecule has 1 amide bonds. The first-order valence-corrected chi connectivity index (χ1v) is 11.4. The van der Waals surface area contributed by atoms with Crippen molar-refractivity contribution in [3.63, 3.8) is 0 Å². The van der Waals surface area contributed by atoms with E-state index in [1.165, 1.54) is 13.3 Å². The van der Waals surface area contributed by atoms with E-state index >= 15 is 0 Å². The molecule has 0 saturated heterocycles. The summed E-state index contributed by atoms with van der Waals surface area (Å²) in [6, 6.07) is 17.5. The van der Waals surface area contributed by atoms with Gasteiger partial charge in [0.2, 0.25) is 0 Å². The topological polar surface area (TPSA) is 95.5 Å². The molecule has 188 valence electrons. The van der Waals surface area contributed by atoms with Gasteiger partial charge in [-0.1, -0.05) is 26.0 Å². The predicted molar refractivity (Wildman–Crippen MR) is 137 cm³/mol. The first-order valence-electron chi connectivity index (χ1n) is 11.4. The number of nitrogens with one attached hydrogen (secondary N) is 1. The fourth-order valence-electron chi connectivity index (χ4n) is 3.33. The lowest BCUT2D eigenvalue weighted by molar-refractivity contribution is -0.123. The third-order valence-corrected chi connectivity index (χ3v) is 5.27. The minimum atomic E-state index is -0.529. The van der Waals surface area contributed by atoms with Crippen molar-refractivity contribution in [3.05, 3.63) is 82.9 Å². The second-order valence-electron chi connectivity index (χ2n) is 8.31. The smallest absolute Gasteiger partial charge is 0.343 e. The van der Waals surface area contributed by atoms with Crippen LogP contribution in [0.15, 0.2) is 65.8 Å². The van der Waals surface area contributed by atoms with E-state index in [0.717, 1.165) is 11.1 Å². The Morgan fingerprint density at radius 2 is 1.67 bits per heavy atom. The maximum Gasteiger partial charge on any atom is 0.343 e. The zero-order valence-electron chi connectivity index (χ0n) is 21.0. The van der Waals surface area contributed by atoms with Crippen LogP contribution in [0.5, 0.6) is 23.0 Å². The van der Waals surface area contributed by atoms with E-state index in [2.05, 4.69) is 24.4 Å². The monoisotopic (exact) mass is 490 g/mol. The van der Waals surface area contributed by atoms with Gasteiger partial charge in [0.15, 0.2) is 18.1 Å². The summed E-state index contributed by atoms with van der Waals surface area (Å²) in [5, 5.41) is 3.98. The first kappa shape index (κ1) is 26.3. The second-order valence-corrected chi connectivity index (χ2v) is 8.31. The number of nitrogens with zero attached hydrogens (tertiary/aromatic N) is 1. The molecule has 0 spiro atoms. The van der Waals surface area contributed by atoms with Gasteiger partial charge in [-0.15, -0.1) is 0 Å². The summed E-state index contributed by atoms with van der Waals surface area (Å²) >= 11 is 0. The van der Waals surface area contributed by atoms with E-state index in [9.17, 15) is 9.59 Å². The number of carbonyl (C=O) groups is 2. The number of hydrogen-bond donors (Lipinski definition) is 1. The number of aryl methyl sites for hydroxylation is 1. The van der Waals surface area contributed by atoms with Crippen LogP contribution in [-0.2, 0) is 4.79 Å². The molecule has 0 heterocycles. The number of amides is 1. The number of carbonyl (C=O) groups excluding carboxylic acids is 2. The van der Waals surface area contributed by atoms with E-state index in [4.69, 9.17) is 18.9 Å². The van der Waals surface area contributed by atoms with Crippen molar-refractivity contribution in [2.75, 3.05) is 20.8 Å². The van der Waals surface area contributed by atoms with E-state index in [-0.39, 0.29) is 24.2 Å². The molecule has 8 nitrogen and oxygen atoms in total. The normalized spacial score (nSPS) is 10.8. The number of rotatable bonds is 10. The molecule has 36 heavy (non-hydrogen) atoms. The minimum Gasteiger partial charge on any atom is -0.497 e. The molecule has 3 aromatic carbocycles. The van der Waals surface area contributed by atoms with Gasteiger partial charge in [-0.2, -0.15) is 5.10 Å². The number of hydrogen-bond acceptors (Lipinski definition) is 7. The van der Waals surface area contributed by atoms with Crippen molar-refractivity contribution in [3.8, 4) is 23.0 Å². The lowest BCUT2D eigenvalue weighted by Crippen LogP contribution is -2.25. The van der Waals surface area contributed by atoms with Gasteiger partial charge in [-0.25, -0.2) is 10.2 Å². The van der Waals surface area contributed by atoms with Crippen LogP contribution in [0.4, 0.5) is 0 Å². The average Bonchev–Trinajstić information content (AvgIpc) is 2.88.